The number of thiocarbonyl (C=S) groups is 1. The van der Waals surface area contributed by atoms with Crippen molar-refractivity contribution in [1.29, 1.82) is 0 Å². The Morgan fingerprint density at radius 3 is 2.65 bits per heavy atom. The summed E-state index contributed by atoms with van der Waals surface area (Å²) in [5, 5.41) is 16.7. The van der Waals surface area contributed by atoms with Gasteiger partial charge in [-0.15, -0.1) is 0 Å². The van der Waals surface area contributed by atoms with Gasteiger partial charge in [-0.05, 0) is 49.0 Å². The summed E-state index contributed by atoms with van der Waals surface area (Å²) in [7, 11) is 1.54. The van der Waals surface area contributed by atoms with Crippen LogP contribution >= 0.6 is 12.2 Å². The van der Waals surface area contributed by atoms with E-state index < -0.39 is 16.4 Å². The number of aryl methyl sites for hydroxylation is 1. The quantitative estimate of drug-likeness (QED) is 0.502. The first-order chi connectivity index (χ1) is 10.9. The Labute approximate surface area is 137 Å². The Morgan fingerprint density at radius 1 is 1.26 bits per heavy atom. The van der Waals surface area contributed by atoms with Crippen LogP contribution in [0.15, 0.2) is 36.4 Å². The molecule has 0 aliphatic rings. The normalized spacial score (nSPS) is 10.0. The van der Waals surface area contributed by atoms with Gasteiger partial charge in [0, 0.05) is 11.8 Å². The molecule has 0 radical (unpaired) electrons. The van der Waals surface area contributed by atoms with Crippen molar-refractivity contribution in [1.82, 2.24) is 0 Å². The fourth-order valence-corrected chi connectivity index (χ4v) is 2.16. The van der Waals surface area contributed by atoms with Crippen molar-refractivity contribution in [3.8, 4) is 5.75 Å². The average molecular weight is 335 g/mol. The van der Waals surface area contributed by atoms with Gasteiger partial charge in [0.15, 0.2) is 5.11 Å². The molecule has 8 heteroatoms. The van der Waals surface area contributed by atoms with Crippen LogP contribution < -0.4 is 15.4 Å². The van der Waals surface area contributed by atoms with Gasteiger partial charge in [0.2, 0.25) is 5.82 Å². The molecule has 0 unspecified atom stereocenters. The van der Waals surface area contributed by atoms with Gasteiger partial charge in [0.05, 0.1) is 17.7 Å². The molecule has 0 aliphatic heterocycles. The number of benzene rings is 2. The van der Waals surface area contributed by atoms with Crippen LogP contribution in [0.1, 0.15) is 5.56 Å². The predicted octanol–water partition coefficient (Wildman–Crippen LogP) is 3.86. The third-order valence-electron chi connectivity index (χ3n) is 3.00. The maximum absolute atomic E-state index is 13.3. The van der Waals surface area contributed by atoms with Crippen LogP contribution in [0.2, 0.25) is 0 Å². The van der Waals surface area contributed by atoms with Crippen molar-refractivity contribution in [2.75, 3.05) is 17.7 Å². The number of rotatable bonds is 4. The number of hydrogen-bond donors (Lipinski definition) is 2. The van der Waals surface area contributed by atoms with Crippen molar-refractivity contribution in [2.24, 2.45) is 0 Å². The first-order valence-electron chi connectivity index (χ1n) is 6.57. The summed E-state index contributed by atoms with van der Waals surface area (Å²) in [4.78, 5) is 9.95. The number of nitrogens with zero attached hydrogens (tertiary/aromatic N) is 1. The third kappa shape index (κ3) is 4.13. The second-order valence-corrected chi connectivity index (χ2v) is 5.11. The molecule has 0 atom stereocenters. The number of ether oxygens (including phenoxy) is 1. The zero-order valence-electron chi connectivity index (χ0n) is 12.4. The van der Waals surface area contributed by atoms with Crippen LogP contribution in [-0.4, -0.2) is 17.1 Å². The van der Waals surface area contributed by atoms with Gasteiger partial charge >= 0.3 is 5.69 Å². The van der Waals surface area contributed by atoms with Crippen LogP contribution in [0.25, 0.3) is 0 Å². The number of nitrogens with one attached hydrogen (secondary N) is 2. The van der Waals surface area contributed by atoms with E-state index in [0.717, 1.165) is 17.7 Å². The van der Waals surface area contributed by atoms with Crippen LogP contribution in [0.4, 0.5) is 21.5 Å². The minimum Gasteiger partial charge on any atom is -0.495 e. The summed E-state index contributed by atoms with van der Waals surface area (Å²) >= 11 is 5.17. The predicted molar refractivity (Wildman–Crippen MR) is 90.6 cm³/mol. The number of nitro groups is 1. The fourth-order valence-electron chi connectivity index (χ4n) is 1.93. The summed E-state index contributed by atoms with van der Waals surface area (Å²) in [5.41, 5.74) is 1.35. The molecule has 2 N–H and O–H groups in total. The summed E-state index contributed by atoms with van der Waals surface area (Å²) in [6.45, 7) is 1.92. The lowest BCUT2D eigenvalue weighted by molar-refractivity contribution is -0.387. The topological polar surface area (TPSA) is 76.4 Å². The lowest BCUT2D eigenvalue weighted by Gasteiger charge is -2.14. The molecule has 120 valence electrons. The van der Waals surface area contributed by atoms with E-state index in [9.17, 15) is 14.5 Å². The van der Waals surface area contributed by atoms with Crippen LogP contribution in [0.3, 0.4) is 0 Å². The van der Waals surface area contributed by atoms with Gasteiger partial charge in [-0.3, -0.25) is 10.1 Å². The highest BCUT2D eigenvalue weighted by Crippen LogP contribution is 2.26. The van der Waals surface area contributed by atoms with E-state index in [2.05, 4.69) is 10.6 Å². The molecule has 2 rings (SSSR count). The number of nitro benzene ring substituents is 1. The smallest absolute Gasteiger partial charge is 0.306 e. The highest BCUT2D eigenvalue weighted by atomic mass is 32.1. The average Bonchev–Trinajstić information content (AvgIpc) is 2.49. The maximum atomic E-state index is 13.3. The fraction of sp³-hybridized carbons (Fsp3) is 0.133. The van der Waals surface area contributed by atoms with E-state index in [1.807, 2.05) is 19.1 Å². The molecule has 2 aromatic rings. The van der Waals surface area contributed by atoms with Crippen LogP contribution in [0, 0.1) is 22.9 Å². The molecule has 2 aromatic carbocycles. The van der Waals surface area contributed by atoms with E-state index in [-0.39, 0.29) is 5.11 Å². The molecule has 6 nitrogen and oxygen atoms in total. The Bertz CT molecular complexity index is 768. The number of hydrogen-bond acceptors (Lipinski definition) is 4. The zero-order chi connectivity index (χ0) is 17.0. The lowest BCUT2D eigenvalue weighted by atomic mass is 10.2. The van der Waals surface area contributed by atoms with Gasteiger partial charge in [0.25, 0.3) is 0 Å². The Balaban J connectivity index is 2.16. The standard InChI is InChI=1S/C15H14FN3O3S/c1-9-3-6-14(22-2)12(7-9)18-15(23)17-10-4-5-11(16)13(8-10)19(20)21/h3-8H,1-2H3,(H2,17,18,23). The van der Waals surface area contributed by atoms with Crippen molar-refractivity contribution in [3.63, 3.8) is 0 Å². The van der Waals surface area contributed by atoms with E-state index in [0.29, 0.717) is 17.1 Å². The highest BCUT2D eigenvalue weighted by Gasteiger charge is 2.15. The second kappa shape index (κ2) is 7.01. The summed E-state index contributed by atoms with van der Waals surface area (Å²) in [6, 6.07) is 8.99. The van der Waals surface area contributed by atoms with Crippen molar-refractivity contribution in [3.05, 3.63) is 57.9 Å². The van der Waals surface area contributed by atoms with Crippen LogP contribution in [0.5, 0.6) is 5.75 Å². The Morgan fingerprint density at radius 2 is 2.00 bits per heavy atom. The third-order valence-corrected chi connectivity index (χ3v) is 3.21. The van der Waals surface area contributed by atoms with E-state index in [4.69, 9.17) is 17.0 Å². The summed E-state index contributed by atoms with van der Waals surface area (Å²) in [6.07, 6.45) is 0. The number of halogens is 1. The molecule has 0 amide bonds. The second-order valence-electron chi connectivity index (χ2n) is 4.71. The number of anilines is 2. The molecule has 0 heterocycles. The first-order valence-corrected chi connectivity index (χ1v) is 6.98. The lowest BCUT2D eigenvalue weighted by Crippen LogP contribution is -2.19. The van der Waals surface area contributed by atoms with Crippen molar-refractivity contribution in [2.45, 2.75) is 6.92 Å². The molecule has 0 aromatic heterocycles. The van der Waals surface area contributed by atoms with Gasteiger partial charge in [-0.1, -0.05) is 6.07 Å². The SMILES string of the molecule is COc1ccc(C)cc1NC(=S)Nc1ccc(F)c([N+](=O)[O-])c1. The largest absolute Gasteiger partial charge is 0.495 e. The van der Waals surface area contributed by atoms with E-state index in [1.54, 1.807) is 6.07 Å². The minimum absolute atomic E-state index is 0.204. The Hall–Kier alpha value is -2.74. The molecular weight excluding hydrogens is 321 g/mol. The Kier molecular flexibility index (Phi) is 5.07. The molecule has 0 saturated heterocycles. The van der Waals surface area contributed by atoms with E-state index >= 15 is 0 Å². The monoisotopic (exact) mass is 335 g/mol. The molecule has 23 heavy (non-hydrogen) atoms. The highest BCUT2D eigenvalue weighted by molar-refractivity contribution is 7.80. The van der Waals surface area contributed by atoms with Gasteiger partial charge in [0.1, 0.15) is 5.75 Å². The minimum atomic E-state index is -0.903. The molecule has 0 spiro atoms. The van der Waals surface area contributed by atoms with Crippen molar-refractivity contribution >= 4 is 34.4 Å². The molecule has 0 aliphatic carbocycles. The first kappa shape index (κ1) is 16.6. The number of methoxy groups -OCH3 is 1. The van der Waals surface area contributed by atoms with E-state index in [1.165, 1.54) is 13.2 Å². The molecule has 0 bridgehead atoms. The van der Waals surface area contributed by atoms with Crippen molar-refractivity contribution < 1.29 is 14.1 Å². The molecule has 0 saturated carbocycles. The van der Waals surface area contributed by atoms with Gasteiger partial charge in [-0.25, -0.2) is 0 Å². The van der Waals surface area contributed by atoms with Gasteiger partial charge in [-0.2, -0.15) is 4.39 Å². The van der Waals surface area contributed by atoms with Gasteiger partial charge < -0.3 is 15.4 Å². The summed E-state index contributed by atoms with van der Waals surface area (Å²) in [5.74, 6) is -0.301. The zero-order valence-corrected chi connectivity index (χ0v) is 13.2. The molecular formula is C15H14FN3O3S. The summed E-state index contributed by atoms with van der Waals surface area (Å²) < 4.78 is 18.5. The maximum Gasteiger partial charge on any atom is 0.306 e. The molecule has 0 fully saturated rings. The van der Waals surface area contributed by atoms with Crippen LogP contribution in [-0.2, 0) is 0 Å².